The first kappa shape index (κ1) is 27.1. The molecule has 0 radical (unpaired) electrons. The van der Waals surface area contributed by atoms with E-state index >= 15 is 0 Å². The van der Waals surface area contributed by atoms with Gasteiger partial charge in [-0.2, -0.15) is 0 Å². The first-order valence-corrected chi connectivity index (χ1v) is 13.0. The van der Waals surface area contributed by atoms with E-state index in [1.807, 2.05) is 4.90 Å². The Bertz CT molecular complexity index is 975. The van der Waals surface area contributed by atoms with Crippen molar-refractivity contribution in [3.8, 4) is 0 Å². The summed E-state index contributed by atoms with van der Waals surface area (Å²) in [4.78, 5) is 32.3. The summed E-state index contributed by atoms with van der Waals surface area (Å²) in [5, 5.41) is 6.71. The molecule has 1 aromatic carbocycles. The Morgan fingerprint density at radius 1 is 1.17 bits per heavy atom. The fourth-order valence-electron chi connectivity index (χ4n) is 3.76. The molecule has 1 N–H and O–H groups in total. The number of phosphoric ester groups is 1. The number of benzene rings is 1. The predicted molar refractivity (Wildman–Crippen MR) is 127 cm³/mol. The standard InChI is InChI=1S/C22H32FN4O7P/c1-4-31-35(30,32-5-2)33-15-22(29)27-10-8-26(9-11-27)21-7-6-17(12-19(21)23)20-13-18(34-25-20)14-24-16(3)28/h6-7,12,18H,4-5,8-11,13-15H2,1-3H3,(H,24,28). The normalized spacial score (nSPS) is 18.3. The zero-order chi connectivity index (χ0) is 25.4. The third kappa shape index (κ3) is 7.47. The maximum absolute atomic E-state index is 14.9. The molecule has 1 aromatic rings. The Hall–Kier alpha value is -2.53. The summed E-state index contributed by atoms with van der Waals surface area (Å²) >= 11 is 0. The van der Waals surface area contributed by atoms with Crippen LogP contribution in [0.3, 0.4) is 0 Å². The van der Waals surface area contributed by atoms with E-state index in [1.54, 1.807) is 30.9 Å². The van der Waals surface area contributed by atoms with Gasteiger partial charge in [-0.15, -0.1) is 0 Å². The lowest BCUT2D eigenvalue weighted by atomic mass is 10.0. The highest BCUT2D eigenvalue weighted by Crippen LogP contribution is 2.49. The molecular formula is C22H32FN4O7P. The summed E-state index contributed by atoms with van der Waals surface area (Å²) in [6.07, 6.45) is 0.198. The Morgan fingerprint density at radius 3 is 2.46 bits per heavy atom. The number of piperazine rings is 1. The minimum atomic E-state index is -3.76. The van der Waals surface area contributed by atoms with Gasteiger partial charge in [0.25, 0.3) is 0 Å². The van der Waals surface area contributed by atoms with E-state index in [0.717, 1.165) is 0 Å². The van der Waals surface area contributed by atoms with Crippen LogP contribution >= 0.6 is 7.82 Å². The summed E-state index contributed by atoms with van der Waals surface area (Å²) in [6.45, 7) is 6.50. The van der Waals surface area contributed by atoms with E-state index in [-0.39, 0.29) is 31.1 Å². The molecule has 35 heavy (non-hydrogen) atoms. The van der Waals surface area contributed by atoms with Gasteiger partial charge < -0.3 is 20.0 Å². The second kappa shape index (κ2) is 12.4. The molecule has 3 rings (SSSR count). The maximum Gasteiger partial charge on any atom is 0.475 e. The van der Waals surface area contributed by atoms with Crippen molar-refractivity contribution in [1.82, 2.24) is 10.2 Å². The molecule has 2 aliphatic rings. The molecule has 11 nitrogen and oxygen atoms in total. The summed E-state index contributed by atoms with van der Waals surface area (Å²) in [5.74, 6) is -0.885. The number of halogens is 1. The van der Waals surface area contributed by atoms with Crippen LogP contribution in [0.15, 0.2) is 23.4 Å². The van der Waals surface area contributed by atoms with E-state index < -0.39 is 20.2 Å². The number of carbonyl (C=O) groups is 2. The van der Waals surface area contributed by atoms with Gasteiger partial charge in [0.1, 0.15) is 18.5 Å². The van der Waals surface area contributed by atoms with Gasteiger partial charge in [0.15, 0.2) is 0 Å². The Labute approximate surface area is 204 Å². The van der Waals surface area contributed by atoms with Crippen LogP contribution in [-0.4, -0.2) is 81.1 Å². The summed E-state index contributed by atoms with van der Waals surface area (Å²) in [7, 11) is -3.76. The lowest BCUT2D eigenvalue weighted by Gasteiger charge is -2.36. The summed E-state index contributed by atoms with van der Waals surface area (Å²) in [5.41, 5.74) is 1.68. The molecule has 0 aromatic heterocycles. The highest BCUT2D eigenvalue weighted by molar-refractivity contribution is 7.48. The van der Waals surface area contributed by atoms with Gasteiger partial charge in [-0.05, 0) is 26.0 Å². The molecule has 0 bridgehead atoms. The van der Waals surface area contributed by atoms with Gasteiger partial charge in [0.2, 0.25) is 11.8 Å². The van der Waals surface area contributed by atoms with Crippen LogP contribution in [0.1, 0.15) is 32.8 Å². The number of hydrogen-bond acceptors (Lipinski definition) is 9. The van der Waals surface area contributed by atoms with E-state index in [4.69, 9.17) is 18.4 Å². The summed E-state index contributed by atoms with van der Waals surface area (Å²) < 4.78 is 42.5. The SMILES string of the molecule is CCOP(=O)(OCC)OCC(=O)N1CCN(c2ccc(C3=NOC(CNC(C)=O)C3)cc2F)CC1. The highest BCUT2D eigenvalue weighted by Gasteiger charge is 2.30. The second-order valence-corrected chi connectivity index (χ2v) is 9.67. The largest absolute Gasteiger partial charge is 0.475 e. The van der Waals surface area contributed by atoms with Gasteiger partial charge in [-0.3, -0.25) is 23.2 Å². The van der Waals surface area contributed by atoms with Crippen molar-refractivity contribution < 1.29 is 37.0 Å². The van der Waals surface area contributed by atoms with Crippen LogP contribution in [0, 0.1) is 5.82 Å². The Kier molecular flexibility index (Phi) is 9.62. The number of anilines is 1. The van der Waals surface area contributed by atoms with Crippen LogP contribution in [0.25, 0.3) is 0 Å². The van der Waals surface area contributed by atoms with Gasteiger partial charge in [0, 0.05) is 45.1 Å². The van der Waals surface area contributed by atoms with Crippen molar-refractivity contribution in [2.24, 2.45) is 5.16 Å². The van der Waals surface area contributed by atoms with Crippen molar-refractivity contribution in [2.45, 2.75) is 33.3 Å². The van der Waals surface area contributed by atoms with Crippen molar-refractivity contribution in [2.75, 3.05) is 57.4 Å². The molecule has 2 amide bonds. The first-order chi connectivity index (χ1) is 16.7. The van der Waals surface area contributed by atoms with Crippen molar-refractivity contribution in [3.63, 3.8) is 0 Å². The van der Waals surface area contributed by atoms with Crippen LogP contribution in [0.4, 0.5) is 10.1 Å². The molecular weight excluding hydrogens is 482 g/mol. The number of nitrogens with one attached hydrogen (secondary N) is 1. The molecule has 1 unspecified atom stereocenters. The van der Waals surface area contributed by atoms with Crippen LogP contribution < -0.4 is 10.2 Å². The van der Waals surface area contributed by atoms with Gasteiger partial charge in [0.05, 0.1) is 31.2 Å². The lowest BCUT2D eigenvalue weighted by molar-refractivity contribution is -0.134. The zero-order valence-corrected chi connectivity index (χ0v) is 21.1. The smallest absolute Gasteiger partial charge is 0.390 e. The quantitative estimate of drug-likeness (QED) is 0.447. The van der Waals surface area contributed by atoms with Gasteiger partial charge in [-0.1, -0.05) is 11.2 Å². The minimum absolute atomic E-state index is 0.131. The average molecular weight is 514 g/mol. The lowest BCUT2D eigenvalue weighted by Crippen LogP contribution is -2.50. The fraction of sp³-hybridized carbons (Fsp3) is 0.591. The molecule has 1 saturated heterocycles. The molecule has 2 heterocycles. The van der Waals surface area contributed by atoms with E-state index in [0.29, 0.717) is 56.1 Å². The number of phosphoric acid groups is 1. The predicted octanol–water partition coefficient (Wildman–Crippen LogP) is 2.30. The number of rotatable bonds is 11. The molecule has 0 spiro atoms. The Morgan fingerprint density at radius 2 is 1.86 bits per heavy atom. The second-order valence-electron chi connectivity index (χ2n) is 8.00. The van der Waals surface area contributed by atoms with E-state index in [1.165, 1.54) is 13.0 Å². The van der Waals surface area contributed by atoms with E-state index in [9.17, 15) is 18.5 Å². The topological polar surface area (TPSA) is 119 Å². The van der Waals surface area contributed by atoms with E-state index in [2.05, 4.69) is 10.5 Å². The molecule has 1 atom stereocenters. The maximum atomic E-state index is 14.9. The molecule has 1 fully saturated rings. The fourth-order valence-corrected chi connectivity index (χ4v) is 4.88. The number of carbonyl (C=O) groups excluding carboxylic acids is 2. The summed E-state index contributed by atoms with van der Waals surface area (Å²) in [6, 6.07) is 4.89. The number of nitrogens with zero attached hydrogens (tertiary/aromatic N) is 3. The third-order valence-corrected chi connectivity index (χ3v) is 7.08. The molecule has 0 aliphatic carbocycles. The third-order valence-electron chi connectivity index (χ3n) is 5.49. The molecule has 194 valence electrons. The van der Waals surface area contributed by atoms with Crippen LogP contribution in [0.2, 0.25) is 0 Å². The number of oxime groups is 1. The van der Waals surface area contributed by atoms with Crippen molar-refractivity contribution >= 4 is 31.0 Å². The highest BCUT2D eigenvalue weighted by atomic mass is 31.2. The molecule has 2 aliphatic heterocycles. The van der Waals surface area contributed by atoms with Gasteiger partial charge in [-0.25, -0.2) is 8.96 Å². The monoisotopic (exact) mass is 514 g/mol. The molecule has 0 saturated carbocycles. The first-order valence-electron chi connectivity index (χ1n) is 11.6. The molecule has 13 heteroatoms. The van der Waals surface area contributed by atoms with Crippen LogP contribution in [0.5, 0.6) is 0 Å². The number of amides is 2. The van der Waals surface area contributed by atoms with Gasteiger partial charge >= 0.3 is 7.82 Å². The number of hydrogen-bond donors (Lipinski definition) is 1. The average Bonchev–Trinajstić information content (AvgIpc) is 3.31. The van der Waals surface area contributed by atoms with Crippen LogP contribution in [-0.2, 0) is 32.6 Å². The zero-order valence-electron chi connectivity index (χ0n) is 20.2. The van der Waals surface area contributed by atoms with Crippen molar-refractivity contribution in [1.29, 1.82) is 0 Å². The Balaban J connectivity index is 1.51. The van der Waals surface area contributed by atoms with Crippen molar-refractivity contribution in [3.05, 3.63) is 29.6 Å². The minimum Gasteiger partial charge on any atom is -0.390 e.